The first-order chi connectivity index (χ1) is 10.2. The molecule has 1 amide bonds. The molecular weight excluding hydrogens is 264 g/mol. The summed E-state index contributed by atoms with van der Waals surface area (Å²) in [5.41, 5.74) is 6.97. The van der Waals surface area contributed by atoms with Crippen molar-refractivity contribution < 1.29 is 4.79 Å². The lowest BCUT2D eigenvalue weighted by molar-refractivity contribution is 0.0917. The zero-order chi connectivity index (χ0) is 14.8. The molecule has 1 aromatic heterocycles. The zero-order valence-electron chi connectivity index (χ0n) is 12.6. The molecule has 5 heteroatoms. The molecular formula is C16H24N4O. The molecule has 3 heterocycles. The van der Waals surface area contributed by atoms with Crippen molar-refractivity contribution in [2.45, 2.75) is 44.3 Å². The van der Waals surface area contributed by atoms with Crippen molar-refractivity contribution in [2.24, 2.45) is 11.7 Å². The Labute approximate surface area is 125 Å². The molecule has 2 aliphatic rings. The number of aromatic nitrogens is 1. The standard InChI is InChI=1S/C16H24N4O/c1-20-14-2-3-15(20)7-11(6-14)10-19-16(21)12-4-5-18-13(8-12)9-17/h4-5,8,11,14-15H,2-3,6-7,9-10,17H2,1H3,(H,19,21). The van der Waals surface area contributed by atoms with Crippen molar-refractivity contribution in [3.05, 3.63) is 29.6 Å². The number of nitrogens with one attached hydrogen (secondary N) is 1. The highest BCUT2D eigenvalue weighted by molar-refractivity contribution is 5.94. The highest BCUT2D eigenvalue weighted by Crippen LogP contribution is 2.36. The van der Waals surface area contributed by atoms with Crippen molar-refractivity contribution >= 4 is 5.91 Å². The summed E-state index contributed by atoms with van der Waals surface area (Å²) in [7, 11) is 2.24. The summed E-state index contributed by atoms with van der Waals surface area (Å²) in [6, 6.07) is 4.95. The quantitative estimate of drug-likeness (QED) is 0.871. The van der Waals surface area contributed by atoms with E-state index >= 15 is 0 Å². The van der Waals surface area contributed by atoms with Gasteiger partial charge in [-0.3, -0.25) is 9.78 Å². The van der Waals surface area contributed by atoms with E-state index in [-0.39, 0.29) is 5.91 Å². The van der Waals surface area contributed by atoms with Crippen LogP contribution < -0.4 is 11.1 Å². The smallest absolute Gasteiger partial charge is 0.251 e. The summed E-state index contributed by atoms with van der Waals surface area (Å²) in [6.45, 7) is 1.14. The highest BCUT2D eigenvalue weighted by atomic mass is 16.1. The van der Waals surface area contributed by atoms with Gasteiger partial charge in [0, 0.05) is 36.9 Å². The highest BCUT2D eigenvalue weighted by Gasteiger charge is 2.38. The largest absolute Gasteiger partial charge is 0.352 e. The molecule has 21 heavy (non-hydrogen) atoms. The number of rotatable bonds is 4. The van der Waals surface area contributed by atoms with Crippen molar-refractivity contribution in [1.82, 2.24) is 15.2 Å². The number of carbonyl (C=O) groups excluding carboxylic acids is 1. The number of amides is 1. The van der Waals surface area contributed by atoms with Crippen LogP contribution in [-0.2, 0) is 6.54 Å². The Kier molecular flexibility index (Phi) is 4.22. The van der Waals surface area contributed by atoms with Crippen LogP contribution in [-0.4, -0.2) is 41.5 Å². The molecule has 2 saturated heterocycles. The van der Waals surface area contributed by atoms with Crippen LogP contribution in [0.15, 0.2) is 18.3 Å². The minimum absolute atomic E-state index is 0.0154. The van der Waals surface area contributed by atoms with Crippen LogP contribution in [0.3, 0.4) is 0 Å². The van der Waals surface area contributed by atoms with Crippen molar-refractivity contribution in [3.63, 3.8) is 0 Å². The number of hydrogen-bond acceptors (Lipinski definition) is 4. The van der Waals surface area contributed by atoms with Crippen LogP contribution in [0.1, 0.15) is 41.7 Å². The van der Waals surface area contributed by atoms with Gasteiger partial charge >= 0.3 is 0 Å². The second-order valence-electron chi connectivity index (χ2n) is 6.34. The van der Waals surface area contributed by atoms with Crippen LogP contribution in [0.2, 0.25) is 0 Å². The van der Waals surface area contributed by atoms with Crippen molar-refractivity contribution in [2.75, 3.05) is 13.6 Å². The van der Waals surface area contributed by atoms with E-state index in [4.69, 9.17) is 5.73 Å². The fourth-order valence-electron chi connectivity index (χ4n) is 3.76. The molecule has 3 rings (SSSR count). The normalized spacial score (nSPS) is 28.6. The first-order valence-electron chi connectivity index (χ1n) is 7.82. The Morgan fingerprint density at radius 2 is 2.14 bits per heavy atom. The van der Waals surface area contributed by atoms with E-state index < -0.39 is 0 Å². The van der Waals surface area contributed by atoms with Crippen LogP contribution in [0.25, 0.3) is 0 Å². The Morgan fingerprint density at radius 1 is 1.43 bits per heavy atom. The molecule has 3 N–H and O–H groups in total. The SMILES string of the molecule is CN1C2CCC1CC(CNC(=O)c1ccnc(CN)c1)C2. The van der Waals surface area contributed by atoms with Gasteiger partial charge < -0.3 is 16.0 Å². The van der Waals surface area contributed by atoms with Crippen molar-refractivity contribution in [1.29, 1.82) is 0 Å². The van der Waals surface area contributed by atoms with Gasteiger partial charge in [0.1, 0.15) is 0 Å². The molecule has 2 atom stereocenters. The number of hydrogen-bond donors (Lipinski definition) is 2. The Balaban J connectivity index is 1.54. The Hall–Kier alpha value is -1.46. The van der Waals surface area contributed by atoms with Crippen LogP contribution in [0.5, 0.6) is 0 Å². The first-order valence-corrected chi connectivity index (χ1v) is 7.82. The Morgan fingerprint density at radius 3 is 2.81 bits per heavy atom. The summed E-state index contributed by atoms with van der Waals surface area (Å²) in [4.78, 5) is 18.8. The van der Waals surface area contributed by atoms with Gasteiger partial charge in [-0.2, -0.15) is 0 Å². The lowest BCUT2D eigenvalue weighted by Crippen LogP contribution is -2.43. The van der Waals surface area contributed by atoms with Gasteiger partial charge in [0.2, 0.25) is 0 Å². The third-order valence-electron chi connectivity index (χ3n) is 5.04. The molecule has 5 nitrogen and oxygen atoms in total. The maximum absolute atomic E-state index is 12.2. The van der Waals surface area contributed by atoms with Crippen molar-refractivity contribution in [3.8, 4) is 0 Å². The third kappa shape index (κ3) is 3.09. The molecule has 114 valence electrons. The minimum atomic E-state index is -0.0154. The lowest BCUT2D eigenvalue weighted by atomic mass is 9.91. The number of fused-ring (bicyclic) bond motifs is 2. The molecule has 2 fully saturated rings. The Bertz CT molecular complexity index is 505. The predicted octanol–water partition coefficient (Wildman–Crippen LogP) is 1.14. The third-order valence-corrected chi connectivity index (χ3v) is 5.04. The summed E-state index contributed by atoms with van der Waals surface area (Å²) in [5.74, 6) is 0.594. The van der Waals surface area contributed by atoms with E-state index in [9.17, 15) is 4.79 Å². The monoisotopic (exact) mass is 288 g/mol. The lowest BCUT2D eigenvalue weighted by Gasteiger charge is -2.36. The molecule has 0 aliphatic carbocycles. The summed E-state index contributed by atoms with van der Waals surface area (Å²) >= 11 is 0. The van der Waals surface area contributed by atoms with E-state index in [0.29, 0.717) is 18.0 Å². The summed E-state index contributed by atoms with van der Waals surface area (Å²) in [6.07, 6.45) is 6.69. The fourth-order valence-corrected chi connectivity index (χ4v) is 3.76. The number of nitrogens with two attached hydrogens (primary N) is 1. The molecule has 2 bridgehead atoms. The van der Waals surface area contributed by atoms with E-state index in [2.05, 4.69) is 22.2 Å². The van der Waals surface area contributed by atoms with E-state index in [1.165, 1.54) is 25.7 Å². The number of carbonyl (C=O) groups is 1. The number of pyridine rings is 1. The van der Waals surface area contributed by atoms with Crippen LogP contribution >= 0.6 is 0 Å². The van der Waals surface area contributed by atoms with E-state index in [1.807, 2.05) is 0 Å². The van der Waals surface area contributed by atoms with Gasteiger partial charge in [-0.1, -0.05) is 0 Å². The predicted molar refractivity (Wildman–Crippen MR) is 81.8 cm³/mol. The topological polar surface area (TPSA) is 71.2 Å². The van der Waals surface area contributed by atoms with E-state index in [1.54, 1.807) is 18.3 Å². The van der Waals surface area contributed by atoms with Gasteiger partial charge in [-0.05, 0) is 50.8 Å². The van der Waals surface area contributed by atoms with Gasteiger partial charge in [-0.15, -0.1) is 0 Å². The molecule has 0 spiro atoms. The van der Waals surface area contributed by atoms with E-state index in [0.717, 1.165) is 24.3 Å². The van der Waals surface area contributed by atoms with Gasteiger partial charge in [0.05, 0.1) is 5.69 Å². The fraction of sp³-hybridized carbons (Fsp3) is 0.625. The molecule has 0 radical (unpaired) electrons. The zero-order valence-corrected chi connectivity index (χ0v) is 12.6. The molecule has 0 saturated carbocycles. The number of piperidine rings is 1. The molecule has 0 aromatic carbocycles. The number of nitrogens with zero attached hydrogens (tertiary/aromatic N) is 2. The molecule has 1 aromatic rings. The van der Waals surface area contributed by atoms with Gasteiger partial charge in [-0.25, -0.2) is 0 Å². The molecule has 2 unspecified atom stereocenters. The maximum atomic E-state index is 12.2. The first kappa shape index (κ1) is 14.5. The van der Waals surface area contributed by atoms with Gasteiger partial charge in [0.15, 0.2) is 0 Å². The minimum Gasteiger partial charge on any atom is -0.352 e. The van der Waals surface area contributed by atoms with Gasteiger partial charge in [0.25, 0.3) is 5.91 Å². The van der Waals surface area contributed by atoms with Crippen LogP contribution in [0, 0.1) is 5.92 Å². The average molecular weight is 288 g/mol. The average Bonchev–Trinajstić information content (AvgIpc) is 2.74. The summed E-state index contributed by atoms with van der Waals surface area (Å²) in [5, 5.41) is 3.08. The molecule has 2 aliphatic heterocycles. The van der Waals surface area contributed by atoms with Crippen LogP contribution in [0.4, 0.5) is 0 Å². The second kappa shape index (κ2) is 6.12. The maximum Gasteiger partial charge on any atom is 0.251 e. The second-order valence-corrected chi connectivity index (χ2v) is 6.34. The summed E-state index contributed by atoms with van der Waals surface area (Å²) < 4.78 is 0.